The van der Waals surface area contributed by atoms with Crippen LogP contribution in [0.2, 0.25) is 0 Å². The third kappa shape index (κ3) is 3.48. The van der Waals surface area contributed by atoms with Crippen LogP contribution >= 0.6 is 0 Å². The monoisotopic (exact) mass is 243 g/mol. The summed E-state index contributed by atoms with van der Waals surface area (Å²) in [6, 6.07) is 13.8. The normalized spacial score (nSPS) is 10.3. The number of furan rings is 1. The highest BCUT2D eigenvalue weighted by Gasteiger charge is 2.10. The molecule has 3 heteroatoms. The van der Waals surface area contributed by atoms with E-state index in [1.807, 2.05) is 42.5 Å². The molecule has 0 saturated carbocycles. The van der Waals surface area contributed by atoms with Crippen molar-refractivity contribution in [2.45, 2.75) is 19.4 Å². The first kappa shape index (κ1) is 12.4. The van der Waals surface area contributed by atoms with E-state index in [-0.39, 0.29) is 5.91 Å². The number of hydrogen-bond donors (Lipinski definition) is 0. The molecule has 2 rings (SSSR count). The Balaban J connectivity index is 1.81. The second-order valence-corrected chi connectivity index (χ2v) is 4.31. The first-order valence-corrected chi connectivity index (χ1v) is 6.06. The quantitative estimate of drug-likeness (QED) is 0.809. The van der Waals surface area contributed by atoms with E-state index >= 15 is 0 Å². The van der Waals surface area contributed by atoms with Gasteiger partial charge in [-0.3, -0.25) is 4.79 Å². The van der Waals surface area contributed by atoms with Gasteiger partial charge in [0.25, 0.3) is 0 Å². The van der Waals surface area contributed by atoms with Crippen LogP contribution in [0, 0.1) is 0 Å². The van der Waals surface area contributed by atoms with Gasteiger partial charge < -0.3 is 9.32 Å². The van der Waals surface area contributed by atoms with Crippen molar-refractivity contribution in [2.75, 3.05) is 7.05 Å². The van der Waals surface area contributed by atoms with E-state index in [4.69, 9.17) is 4.42 Å². The molecule has 0 aliphatic heterocycles. The van der Waals surface area contributed by atoms with Gasteiger partial charge in [-0.15, -0.1) is 0 Å². The lowest BCUT2D eigenvalue weighted by Gasteiger charge is -2.15. The molecule has 0 spiro atoms. The molecule has 94 valence electrons. The maximum absolute atomic E-state index is 11.9. The first-order chi connectivity index (χ1) is 8.75. The molecular formula is C15H17NO2. The van der Waals surface area contributed by atoms with Gasteiger partial charge in [0, 0.05) is 13.5 Å². The van der Waals surface area contributed by atoms with Gasteiger partial charge in [-0.2, -0.15) is 0 Å². The summed E-state index contributed by atoms with van der Waals surface area (Å²) in [4.78, 5) is 13.6. The van der Waals surface area contributed by atoms with Gasteiger partial charge in [0.2, 0.25) is 5.91 Å². The van der Waals surface area contributed by atoms with E-state index in [2.05, 4.69) is 0 Å². The number of carbonyl (C=O) groups is 1. The first-order valence-electron chi connectivity index (χ1n) is 6.06. The van der Waals surface area contributed by atoms with E-state index in [0.29, 0.717) is 13.0 Å². The Morgan fingerprint density at radius 2 is 1.94 bits per heavy atom. The SMILES string of the molecule is CN(Cc1ccco1)C(=O)CCc1ccccc1. The molecule has 0 N–H and O–H groups in total. The van der Waals surface area contributed by atoms with Gasteiger partial charge in [-0.1, -0.05) is 30.3 Å². The smallest absolute Gasteiger partial charge is 0.223 e. The molecule has 1 aromatic carbocycles. The molecule has 2 aromatic rings. The number of hydrogen-bond acceptors (Lipinski definition) is 2. The maximum atomic E-state index is 11.9. The van der Waals surface area contributed by atoms with Gasteiger partial charge in [-0.05, 0) is 24.1 Å². The fourth-order valence-corrected chi connectivity index (χ4v) is 1.81. The standard InChI is InChI=1S/C15H17NO2/c1-16(12-14-8-5-11-18-14)15(17)10-9-13-6-3-2-4-7-13/h2-8,11H,9-10,12H2,1H3. The molecule has 0 aliphatic rings. The van der Waals surface area contributed by atoms with Crippen LogP contribution in [0.15, 0.2) is 53.1 Å². The summed E-state index contributed by atoms with van der Waals surface area (Å²) in [6.07, 6.45) is 2.93. The summed E-state index contributed by atoms with van der Waals surface area (Å²) >= 11 is 0. The molecule has 0 atom stereocenters. The average molecular weight is 243 g/mol. The minimum atomic E-state index is 0.134. The topological polar surface area (TPSA) is 33.5 Å². The Bertz CT molecular complexity index is 476. The average Bonchev–Trinajstić information content (AvgIpc) is 2.90. The molecule has 1 amide bonds. The van der Waals surface area contributed by atoms with Crippen LogP contribution in [0.5, 0.6) is 0 Å². The highest BCUT2D eigenvalue weighted by Crippen LogP contribution is 2.07. The second kappa shape index (κ2) is 6.05. The predicted molar refractivity (Wildman–Crippen MR) is 69.9 cm³/mol. The van der Waals surface area contributed by atoms with Crippen molar-refractivity contribution in [3.05, 3.63) is 60.1 Å². The maximum Gasteiger partial charge on any atom is 0.223 e. The summed E-state index contributed by atoms with van der Waals surface area (Å²) in [5.41, 5.74) is 1.19. The predicted octanol–water partition coefficient (Wildman–Crippen LogP) is 2.87. The minimum absolute atomic E-state index is 0.134. The third-order valence-electron chi connectivity index (χ3n) is 2.87. The van der Waals surface area contributed by atoms with Crippen molar-refractivity contribution in [3.63, 3.8) is 0 Å². The largest absolute Gasteiger partial charge is 0.467 e. The number of carbonyl (C=O) groups excluding carboxylic acids is 1. The Kier molecular flexibility index (Phi) is 4.18. The Hall–Kier alpha value is -2.03. The van der Waals surface area contributed by atoms with Crippen molar-refractivity contribution < 1.29 is 9.21 Å². The molecule has 0 fully saturated rings. The molecule has 1 heterocycles. The highest BCUT2D eigenvalue weighted by molar-refractivity contribution is 5.76. The second-order valence-electron chi connectivity index (χ2n) is 4.31. The van der Waals surface area contributed by atoms with Gasteiger partial charge in [0.05, 0.1) is 12.8 Å². The Morgan fingerprint density at radius 1 is 1.17 bits per heavy atom. The zero-order valence-corrected chi connectivity index (χ0v) is 10.5. The molecule has 3 nitrogen and oxygen atoms in total. The summed E-state index contributed by atoms with van der Waals surface area (Å²) in [7, 11) is 1.80. The Morgan fingerprint density at radius 3 is 2.61 bits per heavy atom. The van der Waals surface area contributed by atoms with Crippen LogP contribution in [0.4, 0.5) is 0 Å². The summed E-state index contributed by atoms with van der Waals surface area (Å²) < 4.78 is 5.22. The van der Waals surface area contributed by atoms with E-state index in [0.717, 1.165) is 12.2 Å². The Labute approximate surface area is 107 Å². The number of aryl methyl sites for hydroxylation is 1. The van der Waals surface area contributed by atoms with Gasteiger partial charge in [-0.25, -0.2) is 0 Å². The van der Waals surface area contributed by atoms with Crippen LogP contribution in [0.1, 0.15) is 17.7 Å². The molecule has 0 unspecified atom stereocenters. The van der Waals surface area contributed by atoms with Crippen LogP contribution in [0.25, 0.3) is 0 Å². The van der Waals surface area contributed by atoms with Crippen LogP contribution in [0.3, 0.4) is 0 Å². The fraction of sp³-hybridized carbons (Fsp3) is 0.267. The van der Waals surface area contributed by atoms with Crippen molar-refractivity contribution in [3.8, 4) is 0 Å². The number of amides is 1. The summed E-state index contributed by atoms with van der Waals surface area (Å²) in [5, 5.41) is 0. The van der Waals surface area contributed by atoms with Gasteiger partial charge in [0.1, 0.15) is 5.76 Å². The highest BCUT2D eigenvalue weighted by atomic mass is 16.3. The molecule has 0 radical (unpaired) electrons. The lowest BCUT2D eigenvalue weighted by atomic mass is 10.1. The van der Waals surface area contributed by atoms with Crippen LogP contribution < -0.4 is 0 Å². The lowest BCUT2D eigenvalue weighted by molar-refractivity contribution is -0.130. The van der Waals surface area contributed by atoms with E-state index in [1.54, 1.807) is 18.2 Å². The van der Waals surface area contributed by atoms with Crippen LogP contribution in [-0.2, 0) is 17.8 Å². The summed E-state index contributed by atoms with van der Waals surface area (Å²) in [5.74, 6) is 0.945. The van der Waals surface area contributed by atoms with Crippen molar-refractivity contribution in [1.29, 1.82) is 0 Å². The van der Waals surface area contributed by atoms with E-state index in [9.17, 15) is 4.79 Å². The number of rotatable bonds is 5. The van der Waals surface area contributed by atoms with E-state index in [1.165, 1.54) is 5.56 Å². The lowest BCUT2D eigenvalue weighted by Crippen LogP contribution is -2.26. The molecule has 0 aliphatic carbocycles. The minimum Gasteiger partial charge on any atom is -0.467 e. The zero-order chi connectivity index (χ0) is 12.8. The van der Waals surface area contributed by atoms with Crippen LogP contribution in [-0.4, -0.2) is 17.9 Å². The molecule has 18 heavy (non-hydrogen) atoms. The van der Waals surface area contributed by atoms with Crippen molar-refractivity contribution in [2.24, 2.45) is 0 Å². The third-order valence-corrected chi connectivity index (χ3v) is 2.87. The zero-order valence-electron chi connectivity index (χ0n) is 10.5. The summed E-state index contributed by atoms with van der Waals surface area (Å²) in [6.45, 7) is 0.528. The number of benzene rings is 1. The fourth-order valence-electron chi connectivity index (χ4n) is 1.81. The molecular weight excluding hydrogens is 226 g/mol. The molecule has 0 bridgehead atoms. The van der Waals surface area contributed by atoms with Gasteiger partial charge in [0.15, 0.2) is 0 Å². The van der Waals surface area contributed by atoms with E-state index < -0.39 is 0 Å². The molecule has 1 aromatic heterocycles. The molecule has 0 saturated heterocycles. The van der Waals surface area contributed by atoms with Crippen molar-refractivity contribution in [1.82, 2.24) is 4.90 Å². The number of nitrogens with zero attached hydrogens (tertiary/aromatic N) is 1. The van der Waals surface area contributed by atoms with Crippen molar-refractivity contribution >= 4 is 5.91 Å². The van der Waals surface area contributed by atoms with Gasteiger partial charge >= 0.3 is 0 Å².